The SMILES string of the molecule is COc1ccc(-n2c(C)nnc2SCc2ccc(Cl)cc2Cl)cc1. The van der Waals surface area contributed by atoms with Crippen LogP contribution in [0.2, 0.25) is 10.0 Å². The Balaban J connectivity index is 1.84. The van der Waals surface area contributed by atoms with Gasteiger partial charge in [-0.25, -0.2) is 0 Å². The van der Waals surface area contributed by atoms with Gasteiger partial charge >= 0.3 is 0 Å². The molecule has 2 aromatic carbocycles. The van der Waals surface area contributed by atoms with Crippen LogP contribution in [0.25, 0.3) is 5.69 Å². The molecular weight excluding hydrogens is 365 g/mol. The average molecular weight is 380 g/mol. The van der Waals surface area contributed by atoms with E-state index in [1.807, 2.05) is 47.9 Å². The lowest BCUT2D eigenvalue weighted by Gasteiger charge is -2.10. The van der Waals surface area contributed by atoms with Gasteiger partial charge in [0.15, 0.2) is 5.16 Å². The van der Waals surface area contributed by atoms with Gasteiger partial charge < -0.3 is 4.74 Å². The summed E-state index contributed by atoms with van der Waals surface area (Å²) < 4.78 is 7.21. The molecule has 1 aromatic heterocycles. The predicted octanol–water partition coefficient (Wildman–Crippen LogP) is 5.18. The molecule has 0 atom stereocenters. The summed E-state index contributed by atoms with van der Waals surface area (Å²) in [6, 6.07) is 13.3. The second-order valence-corrected chi connectivity index (χ2v) is 6.87. The maximum absolute atomic E-state index is 6.24. The van der Waals surface area contributed by atoms with Gasteiger partial charge in [0, 0.05) is 21.5 Å². The van der Waals surface area contributed by atoms with Gasteiger partial charge in [0.05, 0.1) is 7.11 Å². The summed E-state index contributed by atoms with van der Waals surface area (Å²) in [4.78, 5) is 0. The number of thioether (sulfide) groups is 1. The first-order valence-electron chi connectivity index (χ1n) is 7.21. The van der Waals surface area contributed by atoms with E-state index < -0.39 is 0 Å². The lowest BCUT2D eigenvalue weighted by Crippen LogP contribution is -1.99. The number of rotatable bonds is 5. The number of aromatic nitrogens is 3. The molecule has 0 aliphatic rings. The molecule has 0 bridgehead atoms. The maximum atomic E-state index is 6.24. The Kier molecular flexibility index (Phi) is 5.33. The molecular formula is C17H15Cl2N3OS. The fraction of sp³-hybridized carbons (Fsp3) is 0.176. The van der Waals surface area contributed by atoms with Crippen molar-refractivity contribution in [2.24, 2.45) is 0 Å². The molecule has 0 amide bonds. The zero-order valence-corrected chi connectivity index (χ0v) is 15.5. The molecule has 7 heteroatoms. The Bertz CT molecular complexity index is 850. The molecule has 24 heavy (non-hydrogen) atoms. The molecule has 0 N–H and O–H groups in total. The summed E-state index contributed by atoms with van der Waals surface area (Å²) in [7, 11) is 1.65. The lowest BCUT2D eigenvalue weighted by molar-refractivity contribution is 0.414. The van der Waals surface area contributed by atoms with Crippen LogP contribution in [0.3, 0.4) is 0 Å². The van der Waals surface area contributed by atoms with E-state index in [4.69, 9.17) is 27.9 Å². The first-order chi connectivity index (χ1) is 11.6. The quantitative estimate of drug-likeness (QED) is 0.572. The molecule has 0 fully saturated rings. The highest BCUT2D eigenvalue weighted by molar-refractivity contribution is 7.98. The van der Waals surface area contributed by atoms with Gasteiger partial charge in [-0.2, -0.15) is 0 Å². The second-order valence-electron chi connectivity index (χ2n) is 5.09. The summed E-state index contributed by atoms with van der Waals surface area (Å²) >= 11 is 13.8. The van der Waals surface area contributed by atoms with Crippen molar-refractivity contribution in [3.05, 3.63) is 63.9 Å². The second kappa shape index (κ2) is 7.47. The number of aryl methyl sites for hydroxylation is 1. The van der Waals surface area contributed by atoms with Gasteiger partial charge in [-0.15, -0.1) is 10.2 Å². The number of ether oxygens (including phenoxy) is 1. The van der Waals surface area contributed by atoms with Crippen LogP contribution < -0.4 is 4.74 Å². The van der Waals surface area contributed by atoms with E-state index in [0.29, 0.717) is 15.8 Å². The van der Waals surface area contributed by atoms with E-state index in [1.54, 1.807) is 24.9 Å². The number of halogens is 2. The third-order valence-electron chi connectivity index (χ3n) is 3.50. The van der Waals surface area contributed by atoms with Gasteiger partial charge in [-0.1, -0.05) is 41.0 Å². The van der Waals surface area contributed by atoms with E-state index in [9.17, 15) is 0 Å². The van der Waals surface area contributed by atoms with E-state index in [2.05, 4.69) is 10.2 Å². The van der Waals surface area contributed by atoms with Crippen LogP contribution in [0.4, 0.5) is 0 Å². The van der Waals surface area contributed by atoms with Crippen molar-refractivity contribution in [3.8, 4) is 11.4 Å². The molecule has 3 aromatic rings. The van der Waals surface area contributed by atoms with Crippen molar-refractivity contribution in [3.63, 3.8) is 0 Å². The Morgan fingerprint density at radius 2 is 1.83 bits per heavy atom. The molecule has 0 radical (unpaired) electrons. The third kappa shape index (κ3) is 3.69. The van der Waals surface area contributed by atoms with Crippen molar-refractivity contribution < 1.29 is 4.74 Å². The Hall–Kier alpha value is -1.69. The Morgan fingerprint density at radius 1 is 1.08 bits per heavy atom. The molecule has 3 rings (SSSR count). The van der Waals surface area contributed by atoms with Crippen LogP contribution in [0, 0.1) is 6.92 Å². The molecule has 0 saturated carbocycles. The molecule has 0 spiro atoms. The Morgan fingerprint density at radius 3 is 2.50 bits per heavy atom. The zero-order valence-electron chi connectivity index (χ0n) is 13.2. The monoisotopic (exact) mass is 379 g/mol. The fourth-order valence-corrected chi connectivity index (χ4v) is 3.80. The maximum Gasteiger partial charge on any atom is 0.196 e. The minimum atomic E-state index is 0.631. The van der Waals surface area contributed by atoms with Crippen LogP contribution in [-0.4, -0.2) is 21.9 Å². The summed E-state index contributed by atoms with van der Waals surface area (Å²) in [6.45, 7) is 1.93. The van der Waals surface area contributed by atoms with Gasteiger partial charge in [-0.3, -0.25) is 4.57 Å². The van der Waals surface area contributed by atoms with Gasteiger partial charge in [0.25, 0.3) is 0 Å². The summed E-state index contributed by atoms with van der Waals surface area (Å²) in [5.74, 6) is 2.32. The van der Waals surface area contributed by atoms with Crippen molar-refractivity contribution >= 4 is 35.0 Å². The molecule has 0 saturated heterocycles. The van der Waals surface area contributed by atoms with Gasteiger partial charge in [0.2, 0.25) is 0 Å². The minimum absolute atomic E-state index is 0.631. The van der Waals surface area contributed by atoms with Crippen LogP contribution >= 0.6 is 35.0 Å². The van der Waals surface area contributed by atoms with Gasteiger partial charge in [0.1, 0.15) is 11.6 Å². The topological polar surface area (TPSA) is 39.9 Å². The van der Waals surface area contributed by atoms with E-state index in [1.165, 1.54) is 0 Å². The molecule has 124 valence electrons. The zero-order chi connectivity index (χ0) is 17.1. The van der Waals surface area contributed by atoms with Crippen molar-refractivity contribution in [2.45, 2.75) is 17.8 Å². The molecule has 1 heterocycles. The lowest BCUT2D eigenvalue weighted by atomic mass is 10.2. The number of hydrogen-bond acceptors (Lipinski definition) is 4. The highest BCUT2D eigenvalue weighted by Gasteiger charge is 2.12. The number of hydrogen-bond donors (Lipinski definition) is 0. The van der Waals surface area contributed by atoms with Crippen molar-refractivity contribution in [1.82, 2.24) is 14.8 Å². The van der Waals surface area contributed by atoms with Crippen LogP contribution in [0.5, 0.6) is 5.75 Å². The average Bonchev–Trinajstić information content (AvgIpc) is 2.95. The van der Waals surface area contributed by atoms with Crippen LogP contribution in [0.15, 0.2) is 47.6 Å². The number of benzene rings is 2. The largest absolute Gasteiger partial charge is 0.497 e. The number of methoxy groups -OCH3 is 1. The van der Waals surface area contributed by atoms with Gasteiger partial charge in [-0.05, 0) is 48.9 Å². The third-order valence-corrected chi connectivity index (χ3v) is 5.06. The minimum Gasteiger partial charge on any atom is -0.497 e. The predicted molar refractivity (Wildman–Crippen MR) is 98.7 cm³/mol. The molecule has 0 aliphatic carbocycles. The molecule has 0 unspecified atom stereocenters. The molecule has 4 nitrogen and oxygen atoms in total. The first-order valence-corrected chi connectivity index (χ1v) is 8.96. The van der Waals surface area contributed by atoms with Crippen LogP contribution in [-0.2, 0) is 5.75 Å². The molecule has 0 aliphatic heterocycles. The van der Waals surface area contributed by atoms with E-state index in [-0.39, 0.29) is 0 Å². The van der Waals surface area contributed by atoms with Crippen molar-refractivity contribution in [1.29, 1.82) is 0 Å². The normalized spacial score (nSPS) is 10.8. The fourth-order valence-electron chi connectivity index (χ4n) is 2.25. The number of nitrogens with zero attached hydrogens (tertiary/aromatic N) is 3. The summed E-state index contributed by atoms with van der Waals surface area (Å²) in [5.41, 5.74) is 2.00. The van der Waals surface area contributed by atoms with Crippen LogP contribution in [0.1, 0.15) is 11.4 Å². The Labute approximate surface area is 154 Å². The smallest absolute Gasteiger partial charge is 0.196 e. The van der Waals surface area contributed by atoms with Crippen molar-refractivity contribution in [2.75, 3.05) is 7.11 Å². The standard InChI is InChI=1S/C17H15Cl2N3OS/c1-11-20-21-17(22(11)14-5-7-15(23-2)8-6-14)24-10-12-3-4-13(18)9-16(12)19/h3-9H,10H2,1-2H3. The highest BCUT2D eigenvalue weighted by atomic mass is 35.5. The summed E-state index contributed by atoms with van der Waals surface area (Å²) in [5, 5.41) is 10.6. The van der Waals surface area contributed by atoms with E-state index in [0.717, 1.165) is 28.0 Å². The summed E-state index contributed by atoms with van der Waals surface area (Å²) in [6.07, 6.45) is 0. The highest BCUT2D eigenvalue weighted by Crippen LogP contribution is 2.29. The van der Waals surface area contributed by atoms with E-state index >= 15 is 0 Å². The first kappa shape index (κ1) is 17.1.